The zero-order chi connectivity index (χ0) is 11.2. The van der Waals surface area contributed by atoms with E-state index in [0.29, 0.717) is 5.41 Å². The number of pyridine rings is 1. The Morgan fingerprint density at radius 3 is 3.06 bits per heavy atom. The van der Waals surface area contributed by atoms with Gasteiger partial charge in [0.05, 0.1) is 0 Å². The van der Waals surface area contributed by atoms with E-state index in [1.54, 1.807) is 0 Å². The number of nitrogens with zero attached hydrogens (tertiary/aromatic N) is 1. The SMILES string of the molecule is CC1(C)CCCC2Cc3ncccc3C[C@@H]21. The van der Waals surface area contributed by atoms with E-state index in [-0.39, 0.29) is 0 Å². The van der Waals surface area contributed by atoms with Crippen molar-refractivity contribution < 1.29 is 0 Å². The zero-order valence-electron chi connectivity index (χ0n) is 10.4. The number of rotatable bonds is 0. The molecule has 1 heterocycles. The van der Waals surface area contributed by atoms with Crippen molar-refractivity contribution in [3.8, 4) is 0 Å². The summed E-state index contributed by atoms with van der Waals surface area (Å²) >= 11 is 0. The van der Waals surface area contributed by atoms with Gasteiger partial charge in [-0.05, 0) is 54.6 Å². The maximum atomic E-state index is 4.56. The maximum absolute atomic E-state index is 4.56. The molecule has 0 spiro atoms. The van der Waals surface area contributed by atoms with E-state index in [1.807, 2.05) is 6.20 Å². The first-order chi connectivity index (χ1) is 7.67. The van der Waals surface area contributed by atoms with Gasteiger partial charge in [-0.3, -0.25) is 4.98 Å². The molecule has 1 fully saturated rings. The molecular formula is C15H21N. The van der Waals surface area contributed by atoms with E-state index in [4.69, 9.17) is 0 Å². The summed E-state index contributed by atoms with van der Waals surface area (Å²) in [5, 5.41) is 0. The van der Waals surface area contributed by atoms with Gasteiger partial charge in [-0.2, -0.15) is 0 Å². The molecule has 1 heteroatoms. The molecule has 0 aromatic carbocycles. The Bertz CT molecular complexity index is 394. The first-order valence-corrected chi connectivity index (χ1v) is 6.59. The molecule has 0 saturated heterocycles. The predicted octanol–water partition coefficient (Wildman–Crippen LogP) is 3.62. The van der Waals surface area contributed by atoms with Gasteiger partial charge in [0.15, 0.2) is 0 Å². The third kappa shape index (κ3) is 1.57. The lowest BCUT2D eigenvalue weighted by Gasteiger charge is -2.47. The van der Waals surface area contributed by atoms with E-state index >= 15 is 0 Å². The van der Waals surface area contributed by atoms with Gasteiger partial charge >= 0.3 is 0 Å². The number of fused-ring (bicyclic) bond motifs is 2. The molecule has 2 aliphatic carbocycles. The molecular weight excluding hydrogens is 194 g/mol. The van der Waals surface area contributed by atoms with Gasteiger partial charge in [0.1, 0.15) is 0 Å². The van der Waals surface area contributed by atoms with Crippen LogP contribution in [0, 0.1) is 17.3 Å². The van der Waals surface area contributed by atoms with E-state index in [9.17, 15) is 0 Å². The average Bonchev–Trinajstić information content (AvgIpc) is 2.27. The van der Waals surface area contributed by atoms with Crippen molar-refractivity contribution in [1.82, 2.24) is 4.98 Å². The van der Waals surface area contributed by atoms with Gasteiger partial charge in [0, 0.05) is 11.9 Å². The Balaban J connectivity index is 1.95. The van der Waals surface area contributed by atoms with E-state index in [0.717, 1.165) is 11.8 Å². The highest BCUT2D eigenvalue weighted by atomic mass is 14.7. The van der Waals surface area contributed by atoms with Crippen LogP contribution in [0.2, 0.25) is 0 Å². The van der Waals surface area contributed by atoms with Gasteiger partial charge in [-0.25, -0.2) is 0 Å². The smallest absolute Gasteiger partial charge is 0.0438 e. The van der Waals surface area contributed by atoms with Crippen LogP contribution in [0.1, 0.15) is 44.4 Å². The van der Waals surface area contributed by atoms with Gasteiger partial charge < -0.3 is 0 Å². The number of hydrogen-bond acceptors (Lipinski definition) is 1. The summed E-state index contributed by atoms with van der Waals surface area (Å²) in [6, 6.07) is 4.37. The lowest BCUT2D eigenvalue weighted by molar-refractivity contribution is 0.0660. The van der Waals surface area contributed by atoms with Crippen LogP contribution in [0.4, 0.5) is 0 Å². The van der Waals surface area contributed by atoms with E-state index < -0.39 is 0 Å². The molecule has 1 saturated carbocycles. The van der Waals surface area contributed by atoms with E-state index in [2.05, 4.69) is 31.0 Å². The fourth-order valence-electron chi connectivity index (χ4n) is 3.86. The highest BCUT2D eigenvalue weighted by Crippen LogP contribution is 2.48. The summed E-state index contributed by atoms with van der Waals surface area (Å²) < 4.78 is 0. The average molecular weight is 215 g/mol. The van der Waals surface area contributed by atoms with Crippen LogP contribution in [0.15, 0.2) is 18.3 Å². The number of aromatic nitrogens is 1. The van der Waals surface area contributed by atoms with Crippen molar-refractivity contribution in [2.45, 2.75) is 46.0 Å². The zero-order valence-corrected chi connectivity index (χ0v) is 10.4. The summed E-state index contributed by atoms with van der Waals surface area (Å²) in [4.78, 5) is 4.56. The lowest BCUT2D eigenvalue weighted by atomic mass is 9.58. The molecule has 86 valence electrons. The molecule has 3 rings (SSSR count). The molecule has 2 aliphatic rings. The third-order valence-electron chi connectivity index (χ3n) is 4.85. The van der Waals surface area contributed by atoms with Gasteiger partial charge in [-0.1, -0.05) is 26.3 Å². The van der Waals surface area contributed by atoms with Crippen LogP contribution in [0.25, 0.3) is 0 Å². The van der Waals surface area contributed by atoms with Crippen LogP contribution in [0.3, 0.4) is 0 Å². The predicted molar refractivity (Wildman–Crippen MR) is 66.3 cm³/mol. The minimum absolute atomic E-state index is 0.538. The monoisotopic (exact) mass is 215 g/mol. The second-order valence-corrected chi connectivity index (χ2v) is 6.26. The van der Waals surface area contributed by atoms with Crippen LogP contribution >= 0.6 is 0 Å². The minimum Gasteiger partial charge on any atom is -0.261 e. The first-order valence-electron chi connectivity index (χ1n) is 6.59. The molecule has 1 aromatic rings. The molecule has 2 atom stereocenters. The summed E-state index contributed by atoms with van der Waals surface area (Å²) in [7, 11) is 0. The van der Waals surface area contributed by atoms with Gasteiger partial charge in [-0.15, -0.1) is 0 Å². The molecule has 0 bridgehead atoms. The molecule has 1 nitrogen and oxygen atoms in total. The Labute approximate surface area is 98.3 Å². The highest BCUT2D eigenvalue weighted by molar-refractivity contribution is 5.25. The Morgan fingerprint density at radius 1 is 1.31 bits per heavy atom. The molecule has 0 aliphatic heterocycles. The van der Waals surface area contributed by atoms with Crippen molar-refractivity contribution in [3.63, 3.8) is 0 Å². The standard InChI is InChI=1S/C15H21N/c1-15(2)7-3-5-11-10-14-12(9-13(11)15)6-4-8-16-14/h4,6,8,11,13H,3,5,7,9-10H2,1-2H3/t11?,13-/m0/s1. The lowest BCUT2D eigenvalue weighted by Crippen LogP contribution is -2.40. The molecule has 1 aromatic heterocycles. The fourth-order valence-corrected chi connectivity index (χ4v) is 3.86. The maximum Gasteiger partial charge on any atom is 0.0438 e. The normalized spacial score (nSPS) is 31.6. The highest BCUT2D eigenvalue weighted by Gasteiger charge is 2.41. The summed E-state index contributed by atoms with van der Waals surface area (Å²) in [5.74, 6) is 1.78. The Hall–Kier alpha value is -0.850. The van der Waals surface area contributed by atoms with Crippen LogP contribution < -0.4 is 0 Å². The van der Waals surface area contributed by atoms with E-state index in [1.165, 1.54) is 43.4 Å². The van der Waals surface area contributed by atoms with Crippen molar-refractivity contribution in [3.05, 3.63) is 29.6 Å². The fraction of sp³-hybridized carbons (Fsp3) is 0.667. The summed E-state index contributed by atoms with van der Waals surface area (Å²) in [5.41, 5.74) is 3.43. The van der Waals surface area contributed by atoms with Crippen molar-refractivity contribution in [2.75, 3.05) is 0 Å². The van der Waals surface area contributed by atoms with Gasteiger partial charge in [0.25, 0.3) is 0 Å². The first kappa shape index (κ1) is 10.3. The van der Waals surface area contributed by atoms with Crippen molar-refractivity contribution in [2.24, 2.45) is 17.3 Å². The summed E-state index contributed by atoms with van der Waals surface area (Å²) in [6.07, 6.45) is 8.68. The minimum atomic E-state index is 0.538. The van der Waals surface area contributed by atoms with Crippen LogP contribution in [-0.4, -0.2) is 4.98 Å². The molecule has 1 unspecified atom stereocenters. The van der Waals surface area contributed by atoms with Gasteiger partial charge in [0.2, 0.25) is 0 Å². The van der Waals surface area contributed by atoms with Crippen molar-refractivity contribution in [1.29, 1.82) is 0 Å². The van der Waals surface area contributed by atoms with Crippen molar-refractivity contribution >= 4 is 0 Å². The topological polar surface area (TPSA) is 12.9 Å². The summed E-state index contributed by atoms with van der Waals surface area (Å²) in [6.45, 7) is 4.93. The molecule has 0 N–H and O–H groups in total. The number of hydrogen-bond donors (Lipinski definition) is 0. The molecule has 0 radical (unpaired) electrons. The van der Waals surface area contributed by atoms with Crippen LogP contribution in [0.5, 0.6) is 0 Å². The molecule has 16 heavy (non-hydrogen) atoms. The molecule has 0 amide bonds. The van der Waals surface area contributed by atoms with Crippen LogP contribution in [-0.2, 0) is 12.8 Å². The second-order valence-electron chi connectivity index (χ2n) is 6.26. The third-order valence-corrected chi connectivity index (χ3v) is 4.85. The largest absolute Gasteiger partial charge is 0.261 e. The second kappa shape index (κ2) is 3.58. The quantitative estimate of drug-likeness (QED) is 0.644. The Kier molecular flexibility index (Phi) is 2.31. The Morgan fingerprint density at radius 2 is 2.19 bits per heavy atom.